The summed E-state index contributed by atoms with van der Waals surface area (Å²) < 4.78 is 10.2. The first-order valence-electron chi connectivity index (χ1n) is 5.72. The number of anilines is 1. The molecule has 2 aromatic rings. The molecular formula is C14H14N2O3. The summed E-state index contributed by atoms with van der Waals surface area (Å²) >= 11 is 0. The fourth-order valence-corrected chi connectivity index (χ4v) is 1.46. The molecule has 0 N–H and O–H groups in total. The summed E-state index contributed by atoms with van der Waals surface area (Å²) in [6.07, 6.45) is -0.507. The van der Waals surface area contributed by atoms with Crippen molar-refractivity contribution in [3.63, 3.8) is 0 Å². The van der Waals surface area contributed by atoms with Crippen LogP contribution in [0.5, 0.6) is 11.6 Å². The third-order valence-electron chi connectivity index (χ3n) is 2.48. The van der Waals surface area contributed by atoms with Crippen LogP contribution in [-0.4, -0.2) is 25.2 Å². The molecule has 98 valence electrons. The molecule has 1 amide bonds. The summed E-state index contributed by atoms with van der Waals surface area (Å²) in [5.41, 5.74) is 0. The lowest BCUT2D eigenvalue weighted by Crippen LogP contribution is -2.30. The topological polar surface area (TPSA) is 51.7 Å². The summed E-state index contributed by atoms with van der Waals surface area (Å²) in [7, 11) is 3.11. The predicted molar refractivity (Wildman–Crippen MR) is 71.7 cm³/mol. The van der Waals surface area contributed by atoms with Gasteiger partial charge in [0.15, 0.2) is 0 Å². The fraction of sp³-hybridized carbons (Fsp3) is 0.143. The maximum absolute atomic E-state index is 11.9. The van der Waals surface area contributed by atoms with Gasteiger partial charge in [0.1, 0.15) is 11.6 Å². The maximum atomic E-state index is 11.9. The van der Waals surface area contributed by atoms with E-state index in [-0.39, 0.29) is 0 Å². The lowest BCUT2D eigenvalue weighted by Gasteiger charge is -2.16. The van der Waals surface area contributed by atoms with Crippen molar-refractivity contribution in [3.05, 3.63) is 48.5 Å². The van der Waals surface area contributed by atoms with E-state index in [0.717, 1.165) is 0 Å². The predicted octanol–water partition coefficient (Wildman–Crippen LogP) is 2.73. The molecule has 1 aromatic heterocycles. The smallest absolute Gasteiger partial charge is 0.420 e. The minimum Gasteiger partial charge on any atom is -0.481 e. The molecule has 0 aliphatic rings. The molecule has 0 fully saturated rings. The lowest BCUT2D eigenvalue weighted by molar-refractivity contribution is 0.209. The van der Waals surface area contributed by atoms with Crippen molar-refractivity contribution in [2.24, 2.45) is 0 Å². The molecule has 0 saturated carbocycles. The van der Waals surface area contributed by atoms with Gasteiger partial charge in [-0.15, -0.1) is 0 Å². The summed E-state index contributed by atoms with van der Waals surface area (Å²) in [4.78, 5) is 17.4. The van der Waals surface area contributed by atoms with Crippen LogP contribution < -0.4 is 14.4 Å². The van der Waals surface area contributed by atoms with E-state index in [0.29, 0.717) is 17.4 Å². The minimum atomic E-state index is -0.507. The SMILES string of the molecule is COc1cccc(N(C)C(=O)Oc2ccccc2)n1. The van der Waals surface area contributed by atoms with E-state index >= 15 is 0 Å². The van der Waals surface area contributed by atoms with E-state index in [2.05, 4.69) is 4.98 Å². The Labute approximate surface area is 111 Å². The number of carbonyl (C=O) groups is 1. The van der Waals surface area contributed by atoms with Crippen molar-refractivity contribution in [1.82, 2.24) is 4.98 Å². The lowest BCUT2D eigenvalue weighted by atomic mass is 10.3. The zero-order valence-corrected chi connectivity index (χ0v) is 10.7. The van der Waals surface area contributed by atoms with E-state index < -0.39 is 6.09 Å². The molecular weight excluding hydrogens is 244 g/mol. The summed E-state index contributed by atoms with van der Waals surface area (Å²) in [5.74, 6) is 1.39. The van der Waals surface area contributed by atoms with Crippen molar-refractivity contribution >= 4 is 11.9 Å². The summed E-state index contributed by atoms with van der Waals surface area (Å²) in [6.45, 7) is 0. The van der Waals surface area contributed by atoms with Gasteiger partial charge in [-0.1, -0.05) is 24.3 Å². The van der Waals surface area contributed by atoms with Gasteiger partial charge in [0.2, 0.25) is 5.88 Å². The number of rotatable bonds is 3. The molecule has 0 spiro atoms. The van der Waals surface area contributed by atoms with Gasteiger partial charge in [0, 0.05) is 13.1 Å². The molecule has 0 saturated heterocycles. The van der Waals surface area contributed by atoms with Crippen molar-refractivity contribution in [2.75, 3.05) is 19.1 Å². The molecule has 0 aliphatic carbocycles. The van der Waals surface area contributed by atoms with Crippen molar-refractivity contribution in [2.45, 2.75) is 0 Å². The van der Waals surface area contributed by atoms with Gasteiger partial charge >= 0.3 is 6.09 Å². The van der Waals surface area contributed by atoms with Crippen LogP contribution >= 0.6 is 0 Å². The second-order valence-corrected chi connectivity index (χ2v) is 3.78. The Morgan fingerprint density at radius 3 is 2.53 bits per heavy atom. The zero-order valence-electron chi connectivity index (χ0n) is 10.7. The molecule has 0 unspecified atom stereocenters. The van der Waals surface area contributed by atoms with Gasteiger partial charge in [-0.05, 0) is 18.2 Å². The standard InChI is InChI=1S/C14H14N2O3/c1-16(12-9-6-10-13(15-12)18-2)14(17)19-11-7-4-3-5-8-11/h3-10H,1-2H3. The Balaban J connectivity index is 2.10. The highest BCUT2D eigenvalue weighted by Gasteiger charge is 2.14. The zero-order chi connectivity index (χ0) is 13.7. The number of benzene rings is 1. The van der Waals surface area contributed by atoms with E-state index in [4.69, 9.17) is 9.47 Å². The number of para-hydroxylation sites is 1. The van der Waals surface area contributed by atoms with Crippen LogP contribution in [0.3, 0.4) is 0 Å². The average Bonchev–Trinajstić information content (AvgIpc) is 2.47. The van der Waals surface area contributed by atoms with Gasteiger partial charge in [0.25, 0.3) is 0 Å². The van der Waals surface area contributed by atoms with Gasteiger partial charge < -0.3 is 9.47 Å². The number of carbonyl (C=O) groups excluding carboxylic acids is 1. The van der Waals surface area contributed by atoms with Crippen LogP contribution in [0.15, 0.2) is 48.5 Å². The third kappa shape index (κ3) is 3.22. The molecule has 0 bridgehead atoms. The molecule has 19 heavy (non-hydrogen) atoms. The largest absolute Gasteiger partial charge is 0.481 e. The van der Waals surface area contributed by atoms with Gasteiger partial charge in [-0.25, -0.2) is 4.79 Å². The summed E-state index contributed by atoms with van der Waals surface area (Å²) in [6, 6.07) is 14.0. The second kappa shape index (κ2) is 5.86. The van der Waals surface area contributed by atoms with E-state index in [9.17, 15) is 4.79 Å². The number of aromatic nitrogens is 1. The first kappa shape index (κ1) is 12.9. The van der Waals surface area contributed by atoms with Crippen LogP contribution in [0.2, 0.25) is 0 Å². The highest BCUT2D eigenvalue weighted by Crippen LogP contribution is 2.16. The Morgan fingerprint density at radius 1 is 1.11 bits per heavy atom. The van der Waals surface area contributed by atoms with Gasteiger partial charge in [-0.2, -0.15) is 4.98 Å². The molecule has 5 nitrogen and oxygen atoms in total. The number of amides is 1. The molecule has 1 heterocycles. The summed E-state index contributed by atoms with van der Waals surface area (Å²) in [5, 5.41) is 0. The van der Waals surface area contributed by atoms with Crippen LogP contribution in [0.1, 0.15) is 0 Å². The number of nitrogens with zero attached hydrogens (tertiary/aromatic N) is 2. The number of hydrogen-bond donors (Lipinski definition) is 0. The Bertz CT molecular complexity index is 558. The van der Waals surface area contributed by atoms with Crippen LogP contribution in [-0.2, 0) is 0 Å². The maximum Gasteiger partial charge on any atom is 0.420 e. The van der Waals surface area contributed by atoms with Gasteiger partial charge in [-0.3, -0.25) is 4.90 Å². The molecule has 5 heteroatoms. The molecule has 0 aliphatic heterocycles. The molecule has 2 rings (SSSR count). The average molecular weight is 258 g/mol. The third-order valence-corrected chi connectivity index (χ3v) is 2.48. The Hall–Kier alpha value is -2.56. The normalized spacial score (nSPS) is 9.79. The van der Waals surface area contributed by atoms with Crippen molar-refractivity contribution in [3.8, 4) is 11.6 Å². The fourth-order valence-electron chi connectivity index (χ4n) is 1.46. The highest BCUT2D eigenvalue weighted by molar-refractivity contribution is 5.87. The molecule has 1 aromatic carbocycles. The molecule has 0 radical (unpaired) electrons. The number of methoxy groups -OCH3 is 1. The number of ether oxygens (including phenoxy) is 2. The first-order valence-corrected chi connectivity index (χ1v) is 5.72. The van der Waals surface area contributed by atoms with Crippen molar-refractivity contribution in [1.29, 1.82) is 0 Å². The van der Waals surface area contributed by atoms with E-state index in [1.807, 2.05) is 6.07 Å². The van der Waals surface area contributed by atoms with E-state index in [1.54, 1.807) is 49.5 Å². The second-order valence-electron chi connectivity index (χ2n) is 3.78. The number of pyridine rings is 1. The first-order chi connectivity index (χ1) is 9.20. The highest BCUT2D eigenvalue weighted by atomic mass is 16.6. The quantitative estimate of drug-likeness (QED) is 0.849. The Kier molecular flexibility index (Phi) is 3.97. The van der Waals surface area contributed by atoms with E-state index in [1.165, 1.54) is 12.0 Å². The monoisotopic (exact) mass is 258 g/mol. The van der Waals surface area contributed by atoms with Crippen LogP contribution in [0.4, 0.5) is 10.6 Å². The van der Waals surface area contributed by atoms with Crippen LogP contribution in [0, 0.1) is 0 Å². The molecule has 0 atom stereocenters. The van der Waals surface area contributed by atoms with Gasteiger partial charge in [0.05, 0.1) is 7.11 Å². The number of hydrogen-bond acceptors (Lipinski definition) is 4. The van der Waals surface area contributed by atoms with Crippen molar-refractivity contribution < 1.29 is 14.3 Å². The van der Waals surface area contributed by atoms with Crippen LogP contribution in [0.25, 0.3) is 0 Å². The Morgan fingerprint density at radius 2 is 1.84 bits per heavy atom. The minimum absolute atomic E-state index is 0.442.